The highest BCUT2D eigenvalue weighted by atomic mass is 19.2. The van der Waals surface area contributed by atoms with Crippen LogP contribution in [0.25, 0.3) is 11.1 Å². The Balaban J connectivity index is 1.82. The smallest absolute Gasteiger partial charge is 0.201 e. The molecule has 3 aromatic rings. The topological polar surface area (TPSA) is 9.23 Å². The molecular weight excluding hydrogens is 332 g/mol. The molecule has 0 saturated heterocycles. The summed E-state index contributed by atoms with van der Waals surface area (Å²) in [5, 5.41) is 0. The highest BCUT2D eigenvalue weighted by Gasteiger charge is 2.16. The third kappa shape index (κ3) is 3.65. The van der Waals surface area contributed by atoms with E-state index in [1.807, 2.05) is 6.92 Å². The summed E-state index contributed by atoms with van der Waals surface area (Å²) in [7, 11) is 0. The maximum absolute atomic E-state index is 14.3. The zero-order valence-electron chi connectivity index (χ0n) is 13.3. The molecule has 1 nitrogen and oxygen atoms in total. The molecule has 0 aliphatic heterocycles. The van der Waals surface area contributed by atoms with Crippen LogP contribution >= 0.6 is 0 Å². The van der Waals surface area contributed by atoms with Gasteiger partial charge in [-0.3, -0.25) is 0 Å². The van der Waals surface area contributed by atoms with E-state index in [0.717, 1.165) is 17.7 Å². The second-order valence-electron chi connectivity index (χ2n) is 5.64. The second-order valence-corrected chi connectivity index (χ2v) is 5.64. The normalized spacial score (nSPS) is 10.8. The third-order valence-electron chi connectivity index (χ3n) is 3.79. The number of hydrogen-bond acceptors (Lipinski definition) is 1. The monoisotopic (exact) mass is 346 g/mol. The van der Waals surface area contributed by atoms with E-state index < -0.39 is 23.3 Å². The highest BCUT2D eigenvalue weighted by molar-refractivity contribution is 5.65. The summed E-state index contributed by atoms with van der Waals surface area (Å²) in [6, 6.07) is 13.0. The van der Waals surface area contributed by atoms with Gasteiger partial charge in [0.1, 0.15) is 6.61 Å². The van der Waals surface area contributed by atoms with Crippen LogP contribution in [0, 0.1) is 30.2 Å². The van der Waals surface area contributed by atoms with Crippen molar-refractivity contribution < 1.29 is 22.3 Å². The van der Waals surface area contributed by atoms with Gasteiger partial charge in [0.25, 0.3) is 0 Å². The minimum absolute atomic E-state index is 0.123. The molecule has 25 heavy (non-hydrogen) atoms. The molecule has 0 aliphatic carbocycles. The summed E-state index contributed by atoms with van der Waals surface area (Å²) < 4.78 is 59.8. The molecule has 0 atom stereocenters. The highest BCUT2D eigenvalue weighted by Crippen LogP contribution is 2.30. The zero-order chi connectivity index (χ0) is 18.0. The van der Waals surface area contributed by atoms with Crippen molar-refractivity contribution >= 4 is 0 Å². The lowest BCUT2D eigenvalue weighted by molar-refractivity contribution is 0.284. The Morgan fingerprint density at radius 3 is 2.16 bits per heavy atom. The van der Waals surface area contributed by atoms with Crippen molar-refractivity contribution in [2.75, 3.05) is 0 Å². The van der Waals surface area contributed by atoms with Crippen LogP contribution in [-0.4, -0.2) is 0 Å². The molecule has 3 aromatic carbocycles. The molecule has 0 fully saturated rings. The summed E-state index contributed by atoms with van der Waals surface area (Å²) in [5.74, 6) is -4.45. The van der Waals surface area contributed by atoms with E-state index in [0.29, 0.717) is 11.1 Å². The van der Waals surface area contributed by atoms with Gasteiger partial charge in [0.15, 0.2) is 23.2 Å². The number of benzene rings is 3. The van der Waals surface area contributed by atoms with Gasteiger partial charge < -0.3 is 4.74 Å². The number of hydrogen-bond donors (Lipinski definition) is 0. The first-order chi connectivity index (χ1) is 12.0. The number of halogens is 4. The quantitative estimate of drug-likeness (QED) is 0.543. The van der Waals surface area contributed by atoms with E-state index in [1.165, 1.54) is 18.2 Å². The molecule has 0 saturated carbocycles. The Labute approximate surface area is 142 Å². The molecule has 0 spiro atoms. The fraction of sp³-hybridized carbons (Fsp3) is 0.100. The zero-order valence-corrected chi connectivity index (χ0v) is 13.3. The van der Waals surface area contributed by atoms with Crippen LogP contribution in [0.4, 0.5) is 17.6 Å². The lowest BCUT2D eigenvalue weighted by atomic mass is 10.0. The van der Waals surface area contributed by atoms with Crippen LogP contribution in [0.1, 0.15) is 11.1 Å². The minimum atomic E-state index is -1.12. The van der Waals surface area contributed by atoms with E-state index in [-0.39, 0.29) is 17.9 Å². The minimum Gasteiger partial charge on any atom is -0.486 e. The van der Waals surface area contributed by atoms with Gasteiger partial charge in [0.05, 0.1) is 0 Å². The van der Waals surface area contributed by atoms with Crippen LogP contribution in [0.5, 0.6) is 5.75 Å². The molecule has 128 valence electrons. The summed E-state index contributed by atoms with van der Waals surface area (Å²) in [6.07, 6.45) is 0. The molecule has 0 aliphatic rings. The summed E-state index contributed by atoms with van der Waals surface area (Å²) in [6.45, 7) is 1.69. The molecule has 0 radical (unpaired) electrons. The van der Waals surface area contributed by atoms with Crippen LogP contribution in [0.15, 0.2) is 54.6 Å². The summed E-state index contributed by atoms with van der Waals surface area (Å²) in [4.78, 5) is 0. The average molecular weight is 346 g/mol. The Morgan fingerprint density at radius 2 is 1.48 bits per heavy atom. The van der Waals surface area contributed by atoms with E-state index in [1.54, 1.807) is 24.3 Å². The van der Waals surface area contributed by atoms with Crippen LogP contribution in [0.2, 0.25) is 0 Å². The summed E-state index contributed by atoms with van der Waals surface area (Å²) >= 11 is 0. The SMILES string of the molecule is Cc1ccc(-c2ccc(OCc3ccc(F)c(F)c3)c(F)c2F)cc1. The van der Waals surface area contributed by atoms with E-state index in [9.17, 15) is 17.6 Å². The number of ether oxygens (including phenoxy) is 1. The first-order valence-corrected chi connectivity index (χ1v) is 7.57. The lowest BCUT2D eigenvalue weighted by Crippen LogP contribution is -2.01. The first kappa shape index (κ1) is 17.0. The van der Waals surface area contributed by atoms with Crippen LogP contribution in [0.3, 0.4) is 0 Å². The predicted molar refractivity (Wildman–Crippen MR) is 87.2 cm³/mol. The van der Waals surface area contributed by atoms with Crippen molar-refractivity contribution in [2.24, 2.45) is 0 Å². The molecule has 3 rings (SSSR count). The number of rotatable bonds is 4. The Morgan fingerprint density at radius 1 is 0.760 bits per heavy atom. The van der Waals surface area contributed by atoms with Crippen molar-refractivity contribution in [2.45, 2.75) is 13.5 Å². The Kier molecular flexibility index (Phi) is 4.74. The van der Waals surface area contributed by atoms with Crippen molar-refractivity contribution in [3.63, 3.8) is 0 Å². The molecule has 0 bridgehead atoms. The Bertz CT molecular complexity index is 904. The molecule has 0 heterocycles. The van der Waals surface area contributed by atoms with E-state index in [2.05, 4.69) is 0 Å². The maximum atomic E-state index is 14.3. The third-order valence-corrected chi connectivity index (χ3v) is 3.79. The number of aryl methyl sites for hydroxylation is 1. The van der Waals surface area contributed by atoms with Gasteiger partial charge in [-0.2, -0.15) is 4.39 Å². The molecule has 0 N–H and O–H groups in total. The van der Waals surface area contributed by atoms with Crippen LogP contribution < -0.4 is 4.74 Å². The summed E-state index contributed by atoms with van der Waals surface area (Å²) in [5.41, 5.74) is 1.99. The van der Waals surface area contributed by atoms with Gasteiger partial charge in [-0.15, -0.1) is 0 Å². The van der Waals surface area contributed by atoms with E-state index in [4.69, 9.17) is 4.74 Å². The van der Waals surface area contributed by atoms with Crippen molar-refractivity contribution in [1.29, 1.82) is 0 Å². The average Bonchev–Trinajstić information content (AvgIpc) is 2.60. The van der Waals surface area contributed by atoms with Gasteiger partial charge >= 0.3 is 0 Å². The van der Waals surface area contributed by atoms with E-state index >= 15 is 0 Å². The molecule has 0 amide bonds. The fourth-order valence-corrected chi connectivity index (χ4v) is 2.39. The van der Waals surface area contributed by atoms with Gasteiger partial charge in [0.2, 0.25) is 5.82 Å². The van der Waals surface area contributed by atoms with Crippen LogP contribution in [-0.2, 0) is 6.61 Å². The maximum Gasteiger partial charge on any atom is 0.201 e. The predicted octanol–water partition coefficient (Wildman–Crippen LogP) is 5.80. The molecule has 5 heteroatoms. The standard InChI is InChI=1S/C20H14F4O/c1-12-2-5-14(6-3-12)15-7-9-18(20(24)19(15)23)25-11-13-4-8-16(21)17(22)10-13/h2-10H,11H2,1H3. The molecular formula is C20H14F4O. The van der Waals surface area contributed by atoms with Crippen molar-refractivity contribution in [3.05, 3.63) is 89.0 Å². The van der Waals surface area contributed by atoms with Gasteiger partial charge in [-0.1, -0.05) is 35.9 Å². The molecule has 0 unspecified atom stereocenters. The van der Waals surface area contributed by atoms with Gasteiger partial charge in [-0.05, 0) is 42.3 Å². The van der Waals surface area contributed by atoms with Crippen molar-refractivity contribution in [3.8, 4) is 16.9 Å². The van der Waals surface area contributed by atoms with Crippen molar-refractivity contribution in [1.82, 2.24) is 0 Å². The lowest BCUT2D eigenvalue weighted by Gasteiger charge is -2.11. The second kappa shape index (κ2) is 6.97. The first-order valence-electron chi connectivity index (χ1n) is 7.57. The van der Waals surface area contributed by atoms with Gasteiger partial charge in [0, 0.05) is 5.56 Å². The molecule has 0 aromatic heterocycles. The largest absolute Gasteiger partial charge is 0.486 e. The van der Waals surface area contributed by atoms with Gasteiger partial charge in [-0.25, -0.2) is 13.2 Å². The fourth-order valence-electron chi connectivity index (χ4n) is 2.39. The Hall–Kier alpha value is -2.82.